The second-order valence-corrected chi connectivity index (χ2v) is 4.59. The number of halogens is 1. The lowest BCUT2D eigenvalue weighted by Gasteiger charge is -2.10. The Bertz CT molecular complexity index is 613. The van der Waals surface area contributed by atoms with Crippen LogP contribution in [0.5, 0.6) is 0 Å². The molecule has 0 saturated carbocycles. The Morgan fingerprint density at radius 3 is 2.68 bits per heavy atom. The summed E-state index contributed by atoms with van der Waals surface area (Å²) < 4.78 is 0. The van der Waals surface area contributed by atoms with Gasteiger partial charge in [-0.25, -0.2) is 0 Å². The number of amides is 1. The molecular formula is C14H14ClN3O. The second kappa shape index (κ2) is 5.73. The Balaban J connectivity index is 2.27. The third-order valence-electron chi connectivity index (χ3n) is 2.66. The normalized spacial score (nSPS) is 10.1. The maximum Gasteiger partial charge on any atom is 0.257 e. The Hall–Kier alpha value is -2.04. The van der Waals surface area contributed by atoms with Gasteiger partial charge in [0.1, 0.15) is 0 Å². The van der Waals surface area contributed by atoms with E-state index in [0.29, 0.717) is 16.3 Å². The van der Waals surface area contributed by atoms with Crippen LogP contribution in [-0.4, -0.2) is 5.91 Å². The van der Waals surface area contributed by atoms with Gasteiger partial charge in [0, 0.05) is 10.7 Å². The van der Waals surface area contributed by atoms with Crippen molar-refractivity contribution in [2.45, 2.75) is 6.92 Å². The van der Waals surface area contributed by atoms with E-state index < -0.39 is 0 Å². The van der Waals surface area contributed by atoms with Crippen LogP contribution >= 0.6 is 11.6 Å². The molecule has 0 spiro atoms. The molecule has 0 aliphatic heterocycles. The monoisotopic (exact) mass is 275 g/mol. The first kappa shape index (κ1) is 13.4. The van der Waals surface area contributed by atoms with Crippen LogP contribution in [0.25, 0.3) is 0 Å². The molecular weight excluding hydrogens is 262 g/mol. The molecule has 2 rings (SSSR count). The van der Waals surface area contributed by atoms with Gasteiger partial charge in [0.15, 0.2) is 0 Å². The molecule has 2 aromatic rings. The van der Waals surface area contributed by atoms with Crippen LogP contribution in [0.15, 0.2) is 42.5 Å². The summed E-state index contributed by atoms with van der Waals surface area (Å²) in [4.78, 5) is 12.2. The molecule has 4 N–H and O–H groups in total. The zero-order valence-corrected chi connectivity index (χ0v) is 11.2. The summed E-state index contributed by atoms with van der Waals surface area (Å²) in [6.45, 7) is 1.96. The number of nitrogens with one attached hydrogen (secondary N) is 2. The lowest BCUT2D eigenvalue weighted by molar-refractivity contribution is 0.102. The molecule has 0 aromatic heterocycles. The summed E-state index contributed by atoms with van der Waals surface area (Å²) in [5.74, 6) is 5.12. The number of aryl methyl sites for hydroxylation is 1. The van der Waals surface area contributed by atoms with Crippen LogP contribution in [0.1, 0.15) is 15.9 Å². The fraction of sp³-hybridized carbons (Fsp3) is 0.0714. The minimum atomic E-state index is -0.263. The Morgan fingerprint density at radius 1 is 1.21 bits per heavy atom. The van der Waals surface area contributed by atoms with Crippen molar-refractivity contribution in [3.63, 3.8) is 0 Å². The lowest BCUT2D eigenvalue weighted by Crippen LogP contribution is -2.17. The van der Waals surface area contributed by atoms with Crippen molar-refractivity contribution in [3.05, 3.63) is 58.6 Å². The van der Waals surface area contributed by atoms with Crippen molar-refractivity contribution in [2.75, 3.05) is 10.7 Å². The van der Waals surface area contributed by atoms with E-state index in [0.717, 1.165) is 11.3 Å². The van der Waals surface area contributed by atoms with E-state index in [-0.39, 0.29) is 5.91 Å². The highest BCUT2D eigenvalue weighted by atomic mass is 35.5. The molecule has 0 unspecified atom stereocenters. The number of nitrogens with two attached hydrogens (primary N) is 1. The molecule has 0 aliphatic rings. The topological polar surface area (TPSA) is 67.2 Å². The van der Waals surface area contributed by atoms with E-state index in [1.54, 1.807) is 18.2 Å². The number of nitrogen functional groups attached to an aromatic ring is 1. The molecule has 1 amide bonds. The van der Waals surface area contributed by atoms with Crippen LogP contribution < -0.4 is 16.6 Å². The Labute approximate surface area is 116 Å². The second-order valence-electron chi connectivity index (χ2n) is 4.16. The summed E-state index contributed by atoms with van der Waals surface area (Å²) >= 11 is 5.90. The molecule has 98 valence electrons. The summed E-state index contributed by atoms with van der Waals surface area (Å²) in [7, 11) is 0. The molecule has 0 heterocycles. The molecule has 19 heavy (non-hydrogen) atoms. The average molecular weight is 276 g/mol. The van der Waals surface area contributed by atoms with Gasteiger partial charge >= 0.3 is 0 Å². The minimum absolute atomic E-state index is 0.263. The van der Waals surface area contributed by atoms with Gasteiger partial charge in [0.25, 0.3) is 5.91 Å². The van der Waals surface area contributed by atoms with Crippen molar-refractivity contribution in [1.82, 2.24) is 0 Å². The number of carbonyl (C=O) groups is 1. The smallest absolute Gasteiger partial charge is 0.257 e. The van der Waals surface area contributed by atoms with E-state index in [2.05, 4.69) is 10.7 Å². The highest BCUT2D eigenvalue weighted by molar-refractivity contribution is 6.31. The fourth-order valence-electron chi connectivity index (χ4n) is 1.75. The fourth-order valence-corrected chi connectivity index (χ4v) is 1.92. The first-order chi connectivity index (χ1) is 9.10. The summed E-state index contributed by atoms with van der Waals surface area (Å²) in [6.07, 6.45) is 0. The van der Waals surface area contributed by atoms with Gasteiger partial charge in [-0.1, -0.05) is 23.7 Å². The largest absolute Gasteiger partial charge is 0.323 e. The molecule has 2 aromatic carbocycles. The van der Waals surface area contributed by atoms with Crippen LogP contribution in [-0.2, 0) is 0 Å². The number of hydrogen-bond donors (Lipinski definition) is 3. The number of hydrogen-bond acceptors (Lipinski definition) is 3. The van der Waals surface area contributed by atoms with Crippen molar-refractivity contribution < 1.29 is 4.79 Å². The average Bonchev–Trinajstić information content (AvgIpc) is 2.38. The molecule has 0 saturated heterocycles. The third kappa shape index (κ3) is 3.24. The van der Waals surface area contributed by atoms with E-state index >= 15 is 0 Å². The summed E-state index contributed by atoms with van der Waals surface area (Å²) in [5, 5.41) is 3.29. The molecule has 0 atom stereocenters. The van der Waals surface area contributed by atoms with Gasteiger partial charge in [-0.05, 0) is 42.8 Å². The lowest BCUT2D eigenvalue weighted by atomic mass is 10.1. The first-order valence-corrected chi connectivity index (χ1v) is 6.12. The van der Waals surface area contributed by atoms with Crippen molar-refractivity contribution >= 4 is 28.9 Å². The van der Waals surface area contributed by atoms with E-state index in [4.69, 9.17) is 17.4 Å². The maximum absolute atomic E-state index is 12.2. The number of hydrazine groups is 1. The Morgan fingerprint density at radius 2 is 2.00 bits per heavy atom. The number of anilines is 2. The predicted octanol–water partition coefficient (Wildman–Crippen LogP) is 3.19. The van der Waals surface area contributed by atoms with Crippen molar-refractivity contribution in [2.24, 2.45) is 5.84 Å². The molecule has 4 nitrogen and oxygen atoms in total. The zero-order chi connectivity index (χ0) is 13.8. The zero-order valence-electron chi connectivity index (χ0n) is 10.4. The van der Waals surface area contributed by atoms with Gasteiger partial charge in [0.2, 0.25) is 0 Å². The number of benzene rings is 2. The Kier molecular flexibility index (Phi) is 4.04. The maximum atomic E-state index is 12.2. The predicted molar refractivity (Wildman–Crippen MR) is 78.4 cm³/mol. The summed E-state index contributed by atoms with van der Waals surface area (Å²) in [5.41, 5.74) is 5.20. The standard InChI is InChI=1S/C14H14ClN3O/c1-9-3-2-4-11(7-9)17-14(19)12-8-10(15)5-6-13(12)18-16/h2-8,18H,16H2,1H3,(H,17,19). The molecule has 0 fully saturated rings. The van der Waals surface area contributed by atoms with E-state index in [1.165, 1.54) is 0 Å². The van der Waals surface area contributed by atoms with Gasteiger partial charge in [-0.2, -0.15) is 0 Å². The molecule has 0 aliphatic carbocycles. The van der Waals surface area contributed by atoms with Gasteiger partial charge in [-0.15, -0.1) is 0 Å². The third-order valence-corrected chi connectivity index (χ3v) is 2.89. The SMILES string of the molecule is Cc1cccc(NC(=O)c2cc(Cl)ccc2NN)c1. The highest BCUT2D eigenvalue weighted by Crippen LogP contribution is 2.21. The molecule has 0 bridgehead atoms. The molecule has 0 radical (unpaired) electrons. The van der Waals surface area contributed by atoms with Crippen LogP contribution in [0.3, 0.4) is 0 Å². The molecule has 5 heteroatoms. The van der Waals surface area contributed by atoms with E-state index in [9.17, 15) is 4.79 Å². The van der Waals surface area contributed by atoms with Crippen LogP contribution in [0.2, 0.25) is 5.02 Å². The van der Waals surface area contributed by atoms with Crippen molar-refractivity contribution in [1.29, 1.82) is 0 Å². The highest BCUT2D eigenvalue weighted by Gasteiger charge is 2.12. The van der Waals surface area contributed by atoms with Crippen LogP contribution in [0, 0.1) is 6.92 Å². The summed E-state index contributed by atoms with van der Waals surface area (Å²) in [6, 6.07) is 12.4. The first-order valence-electron chi connectivity index (χ1n) is 5.74. The van der Waals surface area contributed by atoms with Crippen molar-refractivity contribution in [3.8, 4) is 0 Å². The number of rotatable bonds is 3. The number of carbonyl (C=O) groups excluding carboxylic acids is 1. The van der Waals surface area contributed by atoms with Gasteiger partial charge in [0.05, 0.1) is 11.3 Å². The van der Waals surface area contributed by atoms with Crippen LogP contribution in [0.4, 0.5) is 11.4 Å². The van der Waals surface area contributed by atoms with Gasteiger partial charge in [-0.3, -0.25) is 10.6 Å². The van der Waals surface area contributed by atoms with E-state index in [1.807, 2.05) is 31.2 Å². The quantitative estimate of drug-likeness (QED) is 0.595. The minimum Gasteiger partial charge on any atom is -0.323 e. The van der Waals surface area contributed by atoms with Gasteiger partial charge < -0.3 is 10.7 Å².